The van der Waals surface area contributed by atoms with Crippen molar-refractivity contribution < 1.29 is 24.2 Å². The zero-order valence-electron chi connectivity index (χ0n) is 24.3. The van der Waals surface area contributed by atoms with Gasteiger partial charge in [-0.05, 0) is 86.4 Å². The smallest absolute Gasteiger partial charge is 0.343 e. The van der Waals surface area contributed by atoms with E-state index in [2.05, 4.69) is 23.1 Å². The lowest BCUT2D eigenvalue weighted by Crippen LogP contribution is -2.50. The molecule has 0 fully saturated rings. The van der Waals surface area contributed by atoms with Gasteiger partial charge in [0, 0.05) is 37.1 Å². The number of rotatable bonds is 1. The standard InChI is InChI=1S/C33H41ClN2O5/c1-23-30(37)35(2)17-8-6-4-5-7-9-18-36-21-32(16-10-11-24-19-26(34)13-14-27(24)32)22-41-29-15-12-25(20-28(29)36)33(23,39)31(38)40-3/h6,8,12-15,19-20,23,39H,4-5,7,9-11,16-18,21-22H2,1-3H3/b8-6-/t23-,32-,33-/m0/s1. The van der Waals surface area contributed by atoms with Crippen LogP contribution in [0.25, 0.3) is 0 Å². The molecule has 1 aliphatic carbocycles. The number of aliphatic hydroxyl groups is 1. The second-order valence-corrected chi connectivity index (χ2v) is 12.3. The third-order valence-electron chi connectivity index (χ3n) is 9.19. The first kappa shape index (κ1) is 29.5. The lowest BCUT2D eigenvalue weighted by Gasteiger charge is -2.41. The maximum absolute atomic E-state index is 13.4. The van der Waals surface area contributed by atoms with E-state index < -0.39 is 17.5 Å². The van der Waals surface area contributed by atoms with Crippen LogP contribution in [0.5, 0.6) is 5.75 Å². The Balaban J connectivity index is 1.61. The molecule has 220 valence electrons. The molecule has 2 aromatic rings. The molecular weight excluding hydrogens is 540 g/mol. The topological polar surface area (TPSA) is 79.3 Å². The lowest BCUT2D eigenvalue weighted by molar-refractivity contribution is -0.175. The number of halogens is 1. The van der Waals surface area contributed by atoms with Crippen LogP contribution in [0.1, 0.15) is 62.1 Å². The number of allylic oxidation sites excluding steroid dienone is 1. The molecule has 3 atom stereocenters. The van der Waals surface area contributed by atoms with Gasteiger partial charge >= 0.3 is 5.97 Å². The fourth-order valence-corrected chi connectivity index (χ4v) is 6.97. The van der Waals surface area contributed by atoms with Gasteiger partial charge in [-0.2, -0.15) is 0 Å². The number of fused-ring (bicyclic) bond motifs is 3. The van der Waals surface area contributed by atoms with E-state index in [-0.39, 0.29) is 11.3 Å². The van der Waals surface area contributed by atoms with E-state index in [4.69, 9.17) is 21.1 Å². The van der Waals surface area contributed by atoms with Crippen molar-refractivity contribution in [3.63, 3.8) is 0 Å². The van der Waals surface area contributed by atoms with E-state index in [9.17, 15) is 14.7 Å². The number of aryl methyl sites for hydroxylation is 1. The molecule has 2 aromatic carbocycles. The van der Waals surface area contributed by atoms with E-state index in [1.807, 2.05) is 24.3 Å². The Morgan fingerprint density at radius 3 is 2.76 bits per heavy atom. The van der Waals surface area contributed by atoms with Crippen molar-refractivity contribution in [2.75, 3.05) is 45.3 Å². The van der Waals surface area contributed by atoms with Crippen LogP contribution in [0.3, 0.4) is 0 Å². The quantitative estimate of drug-likeness (QED) is 0.359. The Kier molecular flexibility index (Phi) is 8.67. The molecule has 8 heteroatoms. The Morgan fingerprint density at radius 2 is 1.95 bits per heavy atom. The van der Waals surface area contributed by atoms with Gasteiger partial charge in [0.15, 0.2) is 5.60 Å². The van der Waals surface area contributed by atoms with Gasteiger partial charge in [0.1, 0.15) is 5.75 Å². The first-order chi connectivity index (χ1) is 19.7. The summed E-state index contributed by atoms with van der Waals surface area (Å²) >= 11 is 6.38. The van der Waals surface area contributed by atoms with E-state index >= 15 is 0 Å². The highest BCUT2D eigenvalue weighted by Crippen LogP contribution is 2.46. The van der Waals surface area contributed by atoms with Crippen LogP contribution in [0.4, 0.5) is 5.69 Å². The summed E-state index contributed by atoms with van der Waals surface area (Å²) in [6, 6.07) is 11.5. The molecule has 5 rings (SSSR count). The number of methoxy groups -OCH3 is 1. The normalized spacial score (nSPS) is 27.9. The minimum atomic E-state index is -2.17. The largest absolute Gasteiger partial charge is 0.490 e. The molecular formula is C33H41ClN2O5. The summed E-state index contributed by atoms with van der Waals surface area (Å²) < 4.78 is 11.6. The number of carbonyl (C=O) groups excluding carboxylic acids is 2. The molecule has 7 nitrogen and oxygen atoms in total. The summed E-state index contributed by atoms with van der Waals surface area (Å²) in [7, 11) is 2.92. The first-order valence-electron chi connectivity index (χ1n) is 14.7. The van der Waals surface area contributed by atoms with Crippen molar-refractivity contribution in [3.8, 4) is 5.75 Å². The van der Waals surface area contributed by atoms with Crippen LogP contribution < -0.4 is 9.64 Å². The molecule has 1 amide bonds. The molecule has 0 saturated heterocycles. The Bertz CT molecular complexity index is 1330. The molecule has 0 unspecified atom stereocenters. The molecule has 1 spiro atoms. The van der Waals surface area contributed by atoms with E-state index in [1.165, 1.54) is 23.1 Å². The maximum atomic E-state index is 13.4. The number of likely N-dealkylation sites (N-methyl/N-ethyl adjacent to an activating group) is 1. The fourth-order valence-electron chi connectivity index (χ4n) is 6.78. The predicted molar refractivity (Wildman–Crippen MR) is 161 cm³/mol. The number of amides is 1. The van der Waals surface area contributed by atoms with Crippen molar-refractivity contribution in [2.45, 2.75) is 62.9 Å². The maximum Gasteiger partial charge on any atom is 0.343 e. The molecule has 2 bridgehead atoms. The van der Waals surface area contributed by atoms with E-state index in [0.717, 1.165) is 68.7 Å². The number of esters is 1. The van der Waals surface area contributed by atoms with Crippen LogP contribution in [-0.4, -0.2) is 62.3 Å². The molecule has 0 saturated carbocycles. The first-order valence-corrected chi connectivity index (χ1v) is 15.1. The van der Waals surface area contributed by atoms with Gasteiger partial charge in [0.05, 0.1) is 25.3 Å². The highest BCUT2D eigenvalue weighted by Gasteiger charge is 2.50. The number of nitrogens with zero attached hydrogens (tertiary/aromatic N) is 2. The Hall–Kier alpha value is -3.03. The number of ether oxygens (including phenoxy) is 2. The molecule has 1 N–H and O–H groups in total. The third kappa shape index (κ3) is 5.59. The van der Waals surface area contributed by atoms with Crippen molar-refractivity contribution in [2.24, 2.45) is 5.92 Å². The molecule has 41 heavy (non-hydrogen) atoms. The summed E-state index contributed by atoms with van der Waals surface area (Å²) in [5.74, 6) is -1.56. The number of benzene rings is 2. The summed E-state index contributed by atoms with van der Waals surface area (Å²) in [6.07, 6.45) is 11.2. The summed E-state index contributed by atoms with van der Waals surface area (Å²) in [5, 5.41) is 12.7. The van der Waals surface area contributed by atoms with Gasteiger partial charge in [-0.1, -0.05) is 42.3 Å². The number of carbonyl (C=O) groups is 2. The van der Waals surface area contributed by atoms with Crippen molar-refractivity contribution >= 4 is 29.2 Å². The van der Waals surface area contributed by atoms with Crippen LogP contribution in [0, 0.1) is 5.92 Å². The van der Waals surface area contributed by atoms with Gasteiger partial charge in [-0.3, -0.25) is 4.79 Å². The van der Waals surface area contributed by atoms with Crippen molar-refractivity contribution in [3.05, 3.63) is 70.3 Å². The van der Waals surface area contributed by atoms with Crippen LogP contribution in [-0.2, 0) is 31.8 Å². The summed E-state index contributed by atoms with van der Waals surface area (Å²) in [6.45, 7) is 4.06. The van der Waals surface area contributed by atoms with Gasteiger partial charge in [0.25, 0.3) is 0 Å². The second-order valence-electron chi connectivity index (χ2n) is 11.8. The monoisotopic (exact) mass is 580 g/mol. The Labute approximate surface area is 248 Å². The number of hydrogen-bond donors (Lipinski definition) is 1. The van der Waals surface area contributed by atoms with Crippen molar-refractivity contribution in [1.29, 1.82) is 0 Å². The van der Waals surface area contributed by atoms with E-state index in [1.54, 1.807) is 20.0 Å². The molecule has 0 radical (unpaired) electrons. The second kappa shape index (κ2) is 12.1. The minimum absolute atomic E-state index is 0.217. The van der Waals surface area contributed by atoms with Gasteiger partial charge in [-0.25, -0.2) is 4.79 Å². The lowest BCUT2D eigenvalue weighted by atomic mass is 9.70. The molecule has 3 aliphatic rings. The van der Waals surface area contributed by atoms with Crippen molar-refractivity contribution in [1.82, 2.24) is 4.90 Å². The van der Waals surface area contributed by atoms with Gasteiger partial charge in [0.2, 0.25) is 5.91 Å². The zero-order valence-corrected chi connectivity index (χ0v) is 25.1. The Morgan fingerprint density at radius 1 is 1.12 bits per heavy atom. The third-order valence-corrected chi connectivity index (χ3v) is 9.43. The van der Waals surface area contributed by atoms with Crippen LogP contribution >= 0.6 is 11.6 Å². The predicted octanol–water partition coefficient (Wildman–Crippen LogP) is 5.40. The zero-order chi connectivity index (χ0) is 29.2. The minimum Gasteiger partial charge on any atom is -0.490 e. The average molecular weight is 581 g/mol. The number of hydrogen-bond acceptors (Lipinski definition) is 6. The van der Waals surface area contributed by atoms with Gasteiger partial charge < -0.3 is 24.4 Å². The summed E-state index contributed by atoms with van der Waals surface area (Å²) in [5.41, 5.74) is 1.32. The molecule has 0 aromatic heterocycles. The SMILES string of the molecule is COC(=O)[C@@]1(O)c2ccc3c(c2)N(CCCCC/C=C\CN(C)C(=O)[C@@H]1C)C[C@@]1(CCCc2cc(Cl)ccc21)CO3. The average Bonchev–Trinajstić information content (AvgIpc) is 3.13. The highest BCUT2D eigenvalue weighted by atomic mass is 35.5. The fraction of sp³-hybridized carbons (Fsp3) is 0.515. The summed E-state index contributed by atoms with van der Waals surface area (Å²) in [4.78, 5) is 30.5. The molecule has 2 heterocycles. The van der Waals surface area contributed by atoms with E-state index in [0.29, 0.717) is 24.5 Å². The highest BCUT2D eigenvalue weighted by molar-refractivity contribution is 6.30. The number of anilines is 1. The van der Waals surface area contributed by atoms with Crippen LogP contribution in [0.2, 0.25) is 5.02 Å². The molecule has 2 aliphatic heterocycles. The van der Waals surface area contributed by atoms with Crippen LogP contribution in [0.15, 0.2) is 48.6 Å². The van der Waals surface area contributed by atoms with Gasteiger partial charge in [-0.15, -0.1) is 0 Å².